The van der Waals surface area contributed by atoms with Gasteiger partial charge in [-0.3, -0.25) is 4.99 Å². The van der Waals surface area contributed by atoms with Crippen molar-refractivity contribution in [3.63, 3.8) is 0 Å². The van der Waals surface area contributed by atoms with Crippen LogP contribution < -0.4 is 10.6 Å². The molecule has 5 rings (SSSR count). The summed E-state index contributed by atoms with van der Waals surface area (Å²) >= 11 is 1.57. The molecule has 0 aliphatic heterocycles. The van der Waals surface area contributed by atoms with Gasteiger partial charge in [-0.25, -0.2) is 15.9 Å². The average Bonchev–Trinajstić information content (AvgIpc) is 3.53. The largest absolute Gasteiger partial charge is 0.487 e. The van der Waals surface area contributed by atoms with Gasteiger partial charge in [-0.1, -0.05) is 24.3 Å². The first kappa shape index (κ1) is 28.0. The first-order valence-corrected chi connectivity index (χ1v) is 14.6. The second kappa shape index (κ2) is 11.9. The maximum absolute atomic E-state index is 10.9. The lowest BCUT2D eigenvalue weighted by atomic mass is 9.96. The number of nitrogens with zero attached hydrogens (tertiary/aromatic N) is 5. The van der Waals surface area contributed by atoms with Gasteiger partial charge in [-0.15, -0.1) is 16.4 Å². The summed E-state index contributed by atoms with van der Waals surface area (Å²) in [5.74, 6) is 7.60. The Labute approximate surface area is 239 Å². The van der Waals surface area contributed by atoms with Crippen molar-refractivity contribution in [3.05, 3.63) is 81.4 Å². The fraction of sp³-hybridized carbons (Fsp3) is 0.387. The number of ether oxygens (including phenoxy) is 1. The molecule has 4 aromatic rings. The molecule has 210 valence electrons. The highest BCUT2D eigenvalue weighted by Crippen LogP contribution is 2.39. The first-order valence-electron chi connectivity index (χ1n) is 13.7. The van der Waals surface area contributed by atoms with Crippen molar-refractivity contribution in [2.75, 3.05) is 0 Å². The molecule has 1 aliphatic rings. The molecule has 1 atom stereocenters. The van der Waals surface area contributed by atoms with Crippen LogP contribution in [-0.2, 0) is 26.0 Å². The van der Waals surface area contributed by atoms with E-state index in [4.69, 9.17) is 10.6 Å². The number of hydrazone groups is 1. The molecule has 2 heterocycles. The van der Waals surface area contributed by atoms with E-state index in [1.54, 1.807) is 11.3 Å². The van der Waals surface area contributed by atoms with Gasteiger partial charge in [-0.05, 0) is 87.6 Å². The highest BCUT2D eigenvalue weighted by Gasteiger charge is 2.29. The lowest BCUT2D eigenvalue weighted by Gasteiger charge is -2.22. The molecule has 1 aliphatic carbocycles. The Morgan fingerprint density at radius 1 is 1.27 bits per heavy atom. The molecule has 0 spiro atoms. The Bertz CT molecular complexity index is 1470. The smallest absolute Gasteiger partial charge is 0.136 e. The number of hydrogen-bond acceptors (Lipinski definition) is 7. The van der Waals surface area contributed by atoms with Crippen molar-refractivity contribution in [2.45, 2.75) is 71.2 Å². The summed E-state index contributed by atoms with van der Waals surface area (Å²) in [5.41, 5.74) is 7.84. The molecule has 40 heavy (non-hydrogen) atoms. The second-order valence-electron chi connectivity index (χ2n) is 11.3. The number of hydrogen-bond donors (Lipinski definition) is 2. The topological polar surface area (TPSA) is 101 Å². The quantitative estimate of drug-likeness (QED) is 0.0925. The molecule has 2 aromatic carbocycles. The lowest BCUT2D eigenvalue weighted by molar-refractivity contribution is 0.0789. The highest BCUT2D eigenvalue weighted by atomic mass is 32.1. The SMILES string of the molecule is C=N/C=N\N(N)C(C)c1ccc(Cn2c(CC(C)(C)O)c(CC3CC3)c3cc(OCc4cscn4)ccc32)cc1. The molecule has 1 unspecified atom stereocenters. The monoisotopic (exact) mass is 558 g/mol. The third kappa shape index (κ3) is 6.78. The highest BCUT2D eigenvalue weighted by molar-refractivity contribution is 7.07. The first-order chi connectivity index (χ1) is 19.2. The number of nitrogens with two attached hydrogens (primary N) is 1. The van der Waals surface area contributed by atoms with E-state index in [1.165, 1.54) is 46.5 Å². The van der Waals surface area contributed by atoms with Crippen molar-refractivity contribution in [2.24, 2.45) is 21.9 Å². The maximum atomic E-state index is 10.9. The van der Waals surface area contributed by atoms with E-state index in [-0.39, 0.29) is 6.04 Å². The van der Waals surface area contributed by atoms with Crippen LogP contribution in [0, 0.1) is 5.92 Å². The van der Waals surface area contributed by atoms with Crippen molar-refractivity contribution < 1.29 is 9.84 Å². The van der Waals surface area contributed by atoms with Gasteiger partial charge in [0.2, 0.25) is 0 Å². The van der Waals surface area contributed by atoms with Crippen LogP contribution in [0.15, 0.2) is 63.4 Å². The molecule has 0 bridgehead atoms. The molecule has 1 saturated carbocycles. The summed E-state index contributed by atoms with van der Waals surface area (Å²) in [6.45, 7) is 10.3. The maximum Gasteiger partial charge on any atom is 0.136 e. The Balaban J connectivity index is 1.49. The van der Waals surface area contributed by atoms with Crippen LogP contribution >= 0.6 is 11.3 Å². The van der Waals surface area contributed by atoms with E-state index >= 15 is 0 Å². The molecule has 3 N–H and O–H groups in total. The van der Waals surface area contributed by atoms with Gasteiger partial charge in [0.1, 0.15) is 18.7 Å². The summed E-state index contributed by atoms with van der Waals surface area (Å²) in [6, 6.07) is 14.7. The fourth-order valence-corrected chi connectivity index (χ4v) is 5.62. The zero-order valence-electron chi connectivity index (χ0n) is 23.5. The minimum Gasteiger partial charge on any atom is -0.487 e. The van der Waals surface area contributed by atoms with Crippen LogP contribution in [0.5, 0.6) is 5.75 Å². The molecule has 9 heteroatoms. The number of rotatable bonds is 13. The van der Waals surface area contributed by atoms with Crippen molar-refractivity contribution >= 4 is 35.3 Å². The third-order valence-electron chi connectivity index (χ3n) is 7.38. The van der Waals surface area contributed by atoms with Crippen LogP contribution in [0.3, 0.4) is 0 Å². The van der Waals surface area contributed by atoms with Crippen LogP contribution in [-0.4, -0.2) is 38.4 Å². The summed E-state index contributed by atoms with van der Waals surface area (Å²) < 4.78 is 8.51. The number of hydrazine groups is 1. The van der Waals surface area contributed by atoms with Crippen LogP contribution in [0.1, 0.15) is 67.7 Å². The van der Waals surface area contributed by atoms with Gasteiger partial charge < -0.3 is 14.4 Å². The summed E-state index contributed by atoms with van der Waals surface area (Å²) in [4.78, 5) is 7.97. The van der Waals surface area contributed by atoms with Crippen molar-refractivity contribution in [1.29, 1.82) is 0 Å². The number of aromatic nitrogens is 2. The average molecular weight is 559 g/mol. The molecular weight excluding hydrogens is 520 g/mol. The Kier molecular flexibility index (Phi) is 8.35. The number of thiazole rings is 1. The normalized spacial score (nSPS) is 14.6. The molecule has 2 aromatic heterocycles. The molecule has 1 fully saturated rings. The van der Waals surface area contributed by atoms with Gasteiger partial charge in [0.05, 0.1) is 22.8 Å². The van der Waals surface area contributed by atoms with Gasteiger partial charge in [0.15, 0.2) is 0 Å². The molecule has 0 amide bonds. The third-order valence-corrected chi connectivity index (χ3v) is 8.02. The fourth-order valence-electron chi connectivity index (χ4n) is 5.08. The van der Waals surface area contributed by atoms with Crippen LogP contribution in [0.2, 0.25) is 0 Å². The number of fused-ring (bicyclic) bond motifs is 1. The summed E-state index contributed by atoms with van der Waals surface area (Å²) in [7, 11) is 0. The minimum atomic E-state index is -0.834. The second-order valence-corrected chi connectivity index (χ2v) is 12.0. The Hall–Kier alpha value is -3.53. The van der Waals surface area contributed by atoms with Gasteiger partial charge in [0.25, 0.3) is 0 Å². The predicted octanol–water partition coefficient (Wildman–Crippen LogP) is 5.87. The van der Waals surface area contributed by atoms with E-state index in [2.05, 4.69) is 62.8 Å². The number of benzene rings is 2. The Morgan fingerprint density at radius 2 is 2.05 bits per heavy atom. The van der Waals surface area contributed by atoms with Gasteiger partial charge in [0, 0.05) is 34.9 Å². The predicted molar refractivity (Wildman–Crippen MR) is 163 cm³/mol. The van der Waals surface area contributed by atoms with Gasteiger partial charge >= 0.3 is 0 Å². The van der Waals surface area contributed by atoms with Crippen molar-refractivity contribution in [1.82, 2.24) is 14.7 Å². The van der Waals surface area contributed by atoms with E-state index in [1.807, 2.05) is 37.7 Å². The zero-order valence-corrected chi connectivity index (χ0v) is 24.3. The van der Waals surface area contributed by atoms with E-state index in [0.29, 0.717) is 25.5 Å². The minimum absolute atomic E-state index is 0.113. The van der Waals surface area contributed by atoms with Crippen LogP contribution in [0.25, 0.3) is 10.9 Å². The van der Waals surface area contributed by atoms with Gasteiger partial charge in [-0.2, -0.15) is 0 Å². The number of aliphatic imine (C=N–C) groups is 1. The Morgan fingerprint density at radius 3 is 2.70 bits per heavy atom. The van der Waals surface area contributed by atoms with Crippen molar-refractivity contribution in [3.8, 4) is 5.75 Å². The molecule has 0 saturated heterocycles. The van der Waals surface area contributed by atoms with Crippen LogP contribution in [0.4, 0.5) is 0 Å². The number of aliphatic hydroxyl groups is 1. The molecule has 8 nitrogen and oxygen atoms in total. The standard InChI is InChI=1S/C31H38N6O2S/c1-21(37(32)35-19-33-4)24-9-7-23(8-10-24)16-36-29-12-11-26(39-17-25-18-40-20-34-25)14-28(29)27(13-22-5-6-22)30(36)15-31(2,3)38/h7-12,14,18-22,38H,4-6,13,15-17,32H2,1-3H3/b35-19-. The molecule has 0 radical (unpaired) electrons. The van der Waals surface area contributed by atoms with E-state index in [0.717, 1.165) is 28.9 Å². The summed E-state index contributed by atoms with van der Waals surface area (Å²) in [5, 5.41) is 19.6. The van der Waals surface area contributed by atoms with E-state index < -0.39 is 5.60 Å². The van der Waals surface area contributed by atoms with E-state index in [9.17, 15) is 5.11 Å². The lowest BCUT2D eigenvalue weighted by Crippen LogP contribution is -2.28. The molecular formula is C31H38N6O2S. The zero-order chi connectivity index (χ0) is 28.3. The summed E-state index contributed by atoms with van der Waals surface area (Å²) in [6.07, 6.45) is 5.46.